The van der Waals surface area contributed by atoms with Gasteiger partial charge in [-0.1, -0.05) is 17.7 Å². The molecule has 13 nitrogen and oxygen atoms in total. The number of esters is 1. The van der Waals surface area contributed by atoms with E-state index >= 15 is 8.78 Å². The minimum Gasteiger partial charge on any atom is -0.459 e. The van der Waals surface area contributed by atoms with Crippen molar-refractivity contribution < 1.29 is 28.2 Å². The first-order chi connectivity index (χ1) is 25.5. The molecule has 284 valence electrons. The van der Waals surface area contributed by atoms with Crippen LogP contribution >= 0.6 is 11.6 Å². The van der Waals surface area contributed by atoms with Gasteiger partial charge >= 0.3 is 11.7 Å². The number of fused-ring (bicyclic) bond motifs is 1. The number of halogens is 3. The Hall–Kier alpha value is -4.57. The summed E-state index contributed by atoms with van der Waals surface area (Å²) in [4.78, 5) is 58.2. The van der Waals surface area contributed by atoms with Gasteiger partial charge < -0.3 is 29.4 Å². The number of hydrogen-bond donors (Lipinski definition) is 3. The summed E-state index contributed by atoms with van der Waals surface area (Å²) in [6, 6.07) is 7.47. The normalized spacial score (nSPS) is 16.3. The molecular weight excluding hydrogens is 714 g/mol. The van der Waals surface area contributed by atoms with Gasteiger partial charge in [-0.15, -0.1) is 0 Å². The molecule has 0 bridgehead atoms. The van der Waals surface area contributed by atoms with Crippen LogP contribution in [-0.2, 0) is 16.0 Å². The van der Waals surface area contributed by atoms with Crippen molar-refractivity contribution in [3.8, 4) is 0 Å². The molecule has 1 saturated carbocycles. The number of nitrogens with zero attached hydrogens (tertiary/aromatic N) is 4. The van der Waals surface area contributed by atoms with E-state index in [0.717, 1.165) is 29.0 Å². The smallest absolute Gasteiger partial charge is 0.343 e. The zero-order valence-electron chi connectivity index (χ0n) is 29.6. The molecule has 1 atom stereocenters. The van der Waals surface area contributed by atoms with Crippen molar-refractivity contribution in [3.05, 3.63) is 95.4 Å². The highest BCUT2D eigenvalue weighted by Crippen LogP contribution is 2.40. The van der Waals surface area contributed by atoms with E-state index in [1.54, 1.807) is 21.6 Å². The SMILES string of the molecule is Cc1ccc(Nc2cc(=O)n(CCCCN3CCN(c4c(F)cc5c(=O)c(C(=O)OCCOCCO)cn(C6CC6)c5c4F)C[C@H]3C)c(=O)[nH]2)cc1Cl. The molecule has 0 unspecified atom stereocenters. The lowest BCUT2D eigenvalue weighted by atomic mass is 10.1. The maximum Gasteiger partial charge on any atom is 0.343 e. The predicted molar refractivity (Wildman–Crippen MR) is 198 cm³/mol. The summed E-state index contributed by atoms with van der Waals surface area (Å²) in [7, 11) is 0. The Morgan fingerprint density at radius 2 is 1.83 bits per heavy atom. The highest BCUT2D eigenvalue weighted by Gasteiger charge is 2.33. The van der Waals surface area contributed by atoms with Crippen LogP contribution in [0, 0.1) is 18.6 Å². The van der Waals surface area contributed by atoms with Crippen LogP contribution in [0.15, 0.2) is 50.9 Å². The number of benzene rings is 2. The second-order valence-electron chi connectivity index (χ2n) is 13.5. The molecule has 0 spiro atoms. The molecule has 2 aromatic carbocycles. The van der Waals surface area contributed by atoms with Gasteiger partial charge in [-0.3, -0.25) is 24.0 Å². The third-order valence-corrected chi connectivity index (χ3v) is 10.1. The van der Waals surface area contributed by atoms with E-state index in [9.17, 15) is 19.2 Å². The number of anilines is 3. The average Bonchev–Trinajstić information content (AvgIpc) is 3.96. The number of carbonyl (C=O) groups excluding carboxylic acids is 1. The molecule has 3 N–H and O–H groups in total. The number of unbranched alkanes of at least 4 members (excludes halogenated alkanes) is 1. The van der Waals surface area contributed by atoms with Crippen molar-refractivity contribution in [2.45, 2.75) is 58.2 Å². The quantitative estimate of drug-likeness (QED) is 0.118. The lowest BCUT2D eigenvalue weighted by Crippen LogP contribution is -2.52. The summed E-state index contributed by atoms with van der Waals surface area (Å²) in [5.41, 5.74) is -0.792. The molecule has 1 saturated heterocycles. The third-order valence-electron chi connectivity index (χ3n) is 9.67. The van der Waals surface area contributed by atoms with Crippen LogP contribution in [0.4, 0.5) is 26.0 Å². The molecule has 2 aromatic heterocycles. The summed E-state index contributed by atoms with van der Waals surface area (Å²) in [5, 5.41) is 12.2. The molecule has 1 aliphatic heterocycles. The Bertz CT molecular complexity index is 2140. The van der Waals surface area contributed by atoms with Crippen molar-refractivity contribution in [1.29, 1.82) is 0 Å². The fraction of sp³-hybridized carbons (Fsp3) is 0.459. The second kappa shape index (κ2) is 16.6. The summed E-state index contributed by atoms with van der Waals surface area (Å²) in [6.45, 7) is 5.68. The minimum absolute atomic E-state index is 0.0244. The fourth-order valence-electron chi connectivity index (χ4n) is 6.69. The molecule has 2 aliphatic rings. The number of ether oxygens (including phenoxy) is 2. The van der Waals surface area contributed by atoms with Gasteiger partial charge in [-0.05, 0) is 69.8 Å². The van der Waals surface area contributed by atoms with Crippen molar-refractivity contribution >= 4 is 45.7 Å². The zero-order chi connectivity index (χ0) is 37.8. The van der Waals surface area contributed by atoms with E-state index in [2.05, 4.69) is 15.2 Å². The maximum absolute atomic E-state index is 16.4. The lowest BCUT2D eigenvalue weighted by molar-refractivity contribution is 0.0256. The van der Waals surface area contributed by atoms with E-state index in [4.69, 9.17) is 26.2 Å². The minimum atomic E-state index is -0.914. The van der Waals surface area contributed by atoms with E-state index in [0.29, 0.717) is 49.7 Å². The van der Waals surface area contributed by atoms with Crippen LogP contribution in [0.25, 0.3) is 10.9 Å². The molecule has 16 heteroatoms. The number of aromatic amines is 1. The summed E-state index contributed by atoms with van der Waals surface area (Å²) < 4.78 is 45.1. The highest BCUT2D eigenvalue weighted by atomic mass is 35.5. The van der Waals surface area contributed by atoms with Gasteiger partial charge in [0.15, 0.2) is 5.82 Å². The predicted octanol–water partition coefficient (Wildman–Crippen LogP) is 4.33. The molecule has 6 rings (SSSR count). The van der Waals surface area contributed by atoms with Crippen LogP contribution in [0.3, 0.4) is 0 Å². The van der Waals surface area contributed by atoms with Gasteiger partial charge in [0.25, 0.3) is 5.56 Å². The zero-order valence-corrected chi connectivity index (χ0v) is 30.4. The summed E-state index contributed by atoms with van der Waals surface area (Å²) in [6.07, 6.45) is 4.00. The van der Waals surface area contributed by atoms with Crippen molar-refractivity contribution in [2.24, 2.45) is 0 Å². The number of aryl methyl sites for hydroxylation is 1. The number of pyridine rings is 1. The largest absolute Gasteiger partial charge is 0.459 e. The number of carbonyl (C=O) groups is 1. The molecule has 53 heavy (non-hydrogen) atoms. The van der Waals surface area contributed by atoms with E-state index in [-0.39, 0.29) is 73.0 Å². The Morgan fingerprint density at radius 1 is 1.06 bits per heavy atom. The molecule has 0 amide bonds. The van der Waals surface area contributed by atoms with Crippen LogP contribution in [0.5, 0.6) is 0 Å². The Morgan fingerprint density at radius 3 is 2.53 bits per heavy atom. The molecule has 2 fully saturated rings. The fourth-order valence-corrected chi connectivity index (χ4v) is 6.87. The second-order valence-corrected chi connectivity index (χ2v) is 13.9. The molecule has 3 heterocycles. The van der Waals surface area contributed by atoms with Gasteiger partial charge in [0.2, 0.25) is 5.43 Å². The summed E-state index contributed by atoms with van der Waals surface area (Å²) >= 11 is 6.18. The number of aliphatic hydroxyl groups excluding tert-OH is 1. The number of hydrogen-bond acceptors (Lipinski definition) is 10. The first kappa shape index (κ1) is 38.2. The van der Waals surface area contributed by atoms with Gasteiger partial charge in [0.1, 0.15) is 29.5 Å². The molecular formula is C37H43ClF2N6O7. The number of H-pyrrole nitrogens is 1. The van der Waals surface area contributed by atoms with E-state index in [1.807, 2.05) is 19.9 Å². The monoisotopic (exact) mass is 756 g/mol. The van der Waals surface area contributed by atoms with Crippen LogP contribution in [-0.4, -0.2) is 88.7 Å². The first-order valence-corrected chi connectivity index (χ1v) is 18.1. The number of aliphatic hydroxyl groups is 1. The third kappa shape index (κ3) is 8.64. The van der Waals surface area contributed by atoms with Crippen molar-refractivity contribution in [1.82, 2.24) is 19.0 Å². The highest BCUT2D eigenvalue weighted by molar-refractivity contribution is 6.31. The Balaban J connectivity index is 1.08. The van der Waals surface area contributed by atoms with Crippen LogP contribution in [0.1, 0.15) is 54.6 Å². The number of aromatic nitrogens is 3. The molecule has 0 radical (unpaired) electrons. The first-order valence-electron chi connectivity index (χ1n) is 17.8. The Labute approximate surface area is 308 Å². The number of nitrogens with one attached hydrogen (secondary N) is 2. The molecule has 4 aromatic rings. The summed E-state index contributed by atoms with van der Waals surface area (Å²) in [5.74, 6) is -2.39. The van der Waals surface area contributed by atoms with Crippen LogP contribution < -0.4 is 26.9 Å². The topological polar surface area (TPSA) is 151 Å². The van der Waals surface area contributed by atoms with Gasteiger partial charge in [-0.25, -0.2) is 18.4 Å². The van der Waals surface area contributed by atoms with Gasteiger partial charge in [0, 0.05) is 61.2 Å². The van der Waals surface area contributed by atoms with Crippen molar-refractivity contribution in [2.75, 3.05) is 62.8 Å². The van der Waals surface area contributed by atoms with E-state index < -0.39 is 34.3 Å². The van der Waals surface area contributed by atoms with Gasteiger partial charge in [0.05, 0.1) is 30.7 Å². The Kier molecular flexibility index (Phi) is 12.0. The number of rotatable bonds is 15. The standard InChI is InChI=1S/C37H43ClF2N6O7/c1-22-5-6-24(17-28(22)38)41-30-19-31(48)45(37(51)42-30)10-4-3-9-43-11-12-44(20-23(43)2)34-29(39)18-26-33(32(34)40)46(25-7-8-25)21-27(35(26)49)36(50)53-16-15-52-14-13-47/h5-6,17-19,21,23,25,41,47H,3-4,7-16,20H2,1-2H3,(H,42,51)/t23-/m1/s1. The van der Waals surface area contributed by atoms with Gasteiger partial charge in [-0.2, -0.15) is 0 Å². The van der Waals surface area contributed by atoms with Crippen LogP contribution in [0.2, 0.25) is 5.02 Å². The lowest BCUT2D eigenvalue weighted by Gasteiger charge is -2.41. The average molecular weight is 757 g/mol. The van der Waals surface area contributed by atoms with Crippen molar-refractivity contribution in [3.63, 3.8) is 0 Å². The molecule has 1 aliphatic carbocycles. The number of piperazine rings is 1. The maximum atomic E-state index is 16.4. The van der Waals surface area contributed by atoms with E-state index in [1.165, 1.54) is 12.3 Å².